The first-order chi connectivity index (χ1) is 6.77. The van der Waals surface area contributed by atoms with Gasteiger partial charge in [-0.05, 0) is 6.92 Å². The minimum atomic E-state index is -0.335. The second kappa shape index (κ2) is 3.21. The van der Waals surface area contributed by atoms with E-state index in [0.717, 1.165) is 5.52 Å². The zero-order valence-electron chi connectivity index (χ0n) is 8.11. The maximum Gasteiger partial charge on any atom is 0.354 e. The summed E-state index contributed by atoms with van der Waals surface area (Å²) in [5.41, 5.74) is 2.17. The van der Waals surface area contributed by atoms with E-state index in [-0.39, 0.29) is 5.97 Å². The number of esters is 1. The van der Waals surface area contributed by atoms with Gasteiger partial charge in [-0.25, -0.2) is 4.79 Å². The number of carbonyl (C=O) groups excluding carboxylic acids is 1. The molecular formula is C10H11NO3. The summed E-state index contributed by atoms with van der Waals surface area (Å²) in [4.78, 5) is 11.4. The van der Waals surface area contributed by atoms with Crippen molar-refractivity contribution in [1.29, 1.82) is 0 Å². The molecule has 0 bridgehead atoms. The van der Waals surface area contributed by atoms with Gasteiger partial charge in [0.2, 0.25) is 0 Å². The van der Waals surface area contributed by atoms with E-state index >= 15 is 0 Å². The third-order valence-electron chi connectivity index (χ3n) is 2.23. The van der Waals surface area contributed by atoms with Crippen LogP contribution in [0.1, 0.15) is 17.4 Å². The first-order valence-electron chi connectivity index (χ1n) is 4.43. The molecule has 0 amide bonds. The molecule has 2 rings (SSSR count). The Hall–Kier alpha value is -1.71. The average Bonchev–Trinajstić information content (AvgIpc) is 2.74. The highest BCUT2D eigenvalue weighted by Crippen LogP contribution is 2.21. The Morgan fingerprint density at radius 3 is 3.07 bits per heavy atom. The van der Waals surface area contributed by atoms with Crippen LogP contribution < -0.4 is 0 Å². The molecule has 2 heterocycles. The van der Waals surface area contributed by atoms with Crippen molar-refractivity contribution in [2.24, 2.45) is 0 Å². The average molecular weight is 193 g/mol. The Bertz CT molecular complexity index is 467. The summed E-state index contributed by atoms with van der Waals surface area (Å²) in [6.07, 6.45) is 1.61. The van der Waals surface area contributed by atoms with Gasteiger partial charge in [-0.1, -0.05) is 0 Å². The number of carbonyl (C=O) groups is 1. The van der Waals surface area contributed by atoms with Crippen LogP contribution in [0.3, 0.4) is 0 Å². The number of methoxy groups -OCH3 is 1. The van der Waals surface area contributed by atoms with Gasteiger partial charge in [0.15, 0.2) is 5.58 Å². The van der Waals surface area contributed by atoms with E-state index in [2.05, 4.69) is 4.74 Å². The zero-order valence-corrected chi connectivity index (χ0v) is 8.11. The van der Waals surface area contributed by atoms with E-state index in [4.69, 9.17) is 4.42 Å². The predicted octanol–water partition coefficient (Wildman–Crippen LogP) is 2.04. The fourth-order valence-corrected chi connectivity index (χ4v) is 1.59. The first kappa shape index (κ1) is 8.87. The number of aryl methyl sites for hydroxylation is 1. The standard InChI is InChI=1S/C10H11NO3/c1-3-11-7-4-5-14-9(7)6-8(11)10(12)13-2/h4-6H,3H2,1-2H3. The number of aromatic nitrogens is 1. The highest BCUT2D eigenvalue weighted by atomic mass is 16.5. The summed E-state index contributed by atoms with van der Waals surface area (Å²) in [6, 6.07) is 3.54. The molecule has 0 unspecified atom stereocenters. The van der Waals surface area contributed by atoms with Crippen LogP contribution in [0.5, 0.6) is 0 Å². The maximum absolute atomic E-state index is 11.4. The van der Waals surface area contributed by atoms with Crippen molar-refractivity contribution in [3.8, 4) is 0 Å². The van der Waals surface area contributed by atoms with Crippen molar-refractivity contribution in [2.45, 2.75) is 13.5 Å². The normalized spacial score (nSPS) is 10.7. The van der Waals surface area contributed by atoms with Crippen LogP contribution in [0.15, 0.2) is 22.8 Å². The second-order valence-corrected chi connectivity index (χ2v) is 2.94. The molecule has 0 saturated heterocycles. The van der Waals surface area contributed by atoms with Crippen LogP contribution in [0, 0.1) is 0 Å². The molecule has 4 heteroatoms. The van der Waals surface area contributed by atoms with Crippen LogP contribution in [-0.2, 0) is 11.3 Å². The summed E-state index contributed by atoms with van der Waals surface area (Å²) in [7, 11) is 1.37. The molecule has 0 spiro atoms. The van der Waals surface area contributed by atoms with Gasteiger partial charge in [0.05, 0.1) is 18.9 Å². The number of ether oxygens (including phenoxy) is 1. The van der Waals surface area contributed by atoms with Crippen LogP contribution >= 0.6 is 0 Å². The monoisotopic (exact) mass is 193 g/mol. The Kier molecular flexibility index (Phi) is 2.04. The van der Waals surface area contributed by atoms with Gasteiger partial charge in [-0.2, -0.15) is 0 Å². The molecule has 0 N–H and O–H groups in total. The summed E-state index contributed by atoms with van der Waals surface area (Å²) >= 11 is 0. The maximum atomic E-state index is 11.4. The van der Waals surface area contributed by atoms with E-state index in [9.17, 15) is 4.79 Å². The Balaban J connectivity index is 2.63. The van der Waals surface area contributed by atoms with Gasteiger partial charge < -0.3 is 13.7 Å². The van der Waals surface area contributed by atoms with E-state index in [0.29, 0.717) is 17.8 Å². The number of hydrogen-bond acceptors (Lipinski definition) is 3. The van der Waals surface area contributed by atoms with Gasteiger partial charge in [0.25, 0.3) is 0 Å². The third-order valence-corrected chi connectivity index (χ3v) is 2.23. The molecule has 0 saturated carbocycles. The zero-order chi connectivity index (χ0) is 10.1. The Morgan fingerprint density at radius 2 is 2.43 bits per heavy atom. The molecule has 0 fully saturated rings. The fraction of sp³-hybridized carbons (Fsp3) is 0.300. The Labute approximate surface area is 81.1 Å². The van der Waals surface area contributed by atoms with Crippen molar-refractivity contribution in [3.63, 3.8) is 0 Å². The summed E-state index contributed by atoms with van der Waals surface area (Å²) in [6.45, 7) is 2.69. The van der Waals surface area contributed by atoms with Crippen LogP contribution in [0.4, 0.5) is 0 Å². The Morgan fingerprint density at radius 1 is 1.64 bits per heavy atom. The van der Waals surface area contributed by atoms with E-state index in [1.165, 1.54) is 7.11 Å². The van der Waals surface area contributed by atoms with Crippen molar-refractivity contribution in [2.75, 3.05) is 7.11 Å². The van der Waals surface area contributed by atoms with Gasteiger partial charge in [-0.3, -0.25) is 0 Å². The van der Waals surface area contributed by atoms with Gasteiger partial charge in [0, 0.05) is 18.7 Å². The van der Waals surface area contributed by atoms with E-state index in [1.807, 2.05) is 17.6 Å². The van der Waals surface area contributed by atoms with Crippen LogP contribution in [0.2, 0.25) is 0 Å². The number of furan rings is 1. The third kappa shape index (κ3) is 1.11. The molecule has 0 aromatic carbocycles. The molecule has 0 aliphatic heterocycles. The van der Waals surface area contributed by atoms with Crippen molar-refractivity contribution in [3.05, 3.63) is 24.1 Å². The molecule has 0 radical (unpaired) electrons. The minimum absolute atomic E-state index is 0.335. The minimum Gasteiger partial charge on any atom is -0.464 e. The molecule has 0 aliphatic rings. The molecule has 2 aromatic rings. The van der Waals surface area contributed by atoms with Gasteiger partial charge >= 0.3 is 5.97 Å². The van der Waals surface area contributed by atoms with E-state index < -0.39 is 0 Å². The lowest BCUT2D eigenvalue weighted by Crippen LogP contribution is -2.09. The lowest BCUT2D eigenvalue weighted by atomic mass is 10.4. The van der Waals surface area contributed by atoms with Gasteiger partial charge in [0.1, 0.15) is 5.69 Å². The number of hydrogen-bond donors (Lipinski definition) is 0. The number of rotatable bonds is 2. The van der Waals surface area contributed by atoms with Gasteiger partial charge in [-0.15, -0.1) is 0 Å². The molecule has 0 atom stereocenters. The van der Waals surface area contributed by atoms with E-state index in [1.54, 1.807) is 12.3 Å². The molecule has 0 aliphatic carbocycles. The SMILES string of the molecule is CCn1c(C(=O)OC)cc2occc21. The lowest BCUT2D eigenvalue weighted by molar-refractivity contribution is 0.0589. The van der Waals surface area contributed by atoms with Crippen molar-refractivity contribution < 1.29 is 13.9 Å². The van der Waals surface area contributed by atoms with Crippen LogP contribution in [0.25, 0.3) is 11.1 Å². The predicted molar refractivity (Wildman–Crippen MR) is 51.2 cm³/mol. The smallest absolute Gasteiger partial charge is 0.354 e. The summed E-state index contributed by atoms with van der Waals surface area (Å²) in [5.74, 6) is -0.335. The fourth-order valence-electron chi connectivity index (χ4n) is 1.59. The summed E-state index contributed by atoms with van der Waals surface area (Å²) in [5, 5.41) is 0. The summed E-state index contributed by atoms with van der Waals surface area (Å²) < 4.78 is 11.7. The lowest BCUT2D eigenvalue weighted by Gasteiger charge is -2.03. The molecule has 14 heavy (non-hydrogen) atoms. The second-order valence-electron chi connectivity index (χ2n) is 2.94. The highest BCUT2D eigenvalue weighted by molar-refractivity contribution is 5.93. The first-order valence-corrected chi connectivity index (χ1v) is 4.43. The van der Waals surface area contributed by atoms with Crippen molar-refractivity contribution in [1.82, 2.24) is 4.57 Å². The molecule has 4 nitrogen and oxygen atoms in total. The molecular weight excluding hydrogens is 182 g/mol. The quantitative estimate of drug-likeness (QED) is 0.685. The highest BCUT2D eigenvalue weighted by Gasteiger charge is 2.16. The van der Waals surface area contributed by atoms with Crippen molar-refractivity contribution >= 4 is 17.1 Å². The molecule has 74 valence electrons. The molecule has 2 aromatic heterocycles. The topological polar surface area (TPSA) is 44.4 Å². The van der Waals surface area contributed by atoms with Crippen LogP contribution in [-0.4, -0.2) is 17.6 Å². The largest absolute Gasteiger partial charge is 0.464 e. The number of nitrogens with zero attached hydrogens (tertiary/aromatic N) is 1. The number of fused-ring (bicyclic) bond motifs is 1.